The Morgan fingerprint density at radius 2 is 2.03 bits per heavy atom. The number of carbonyl (C=O) groups excluding carboxylic acids is 1. The van der Waals surface area contributed by atoms with Gasteiger partial charge < -0.3 is 14.5 Å². The maximum atomic E-state index is 13.2. The van der Waals surface area contributed by atoms with Crippen LogP contribution in [0.4, 0.5) is 0 Å². The molecular weight excluding hydrogens is 418 g/mol. The van der Waals surface area contributed by atoms with Gasteiger partial charge in [0.15, 0.2) is 6.10 Å². The Labute approximate surface area is 185 Å². The zero-order valence-corrected chi connectivity index (χ0v) is 18.7. The first-order valence-corrected chi connectivity index (χ1v) is 11.5. The number of hydrogen-bond donors (Lipinski definition) is 0. The van der Waals surface area contributed by atoms with E-state index in [0.29, 0.717) is 17.5 Å². The summed E-state index contributed by atoms with van der Waals surface area (Å²) >= 11 is 8.11. The molecule has 5 rings (SSSR count). The van der Waals surface area contributed by atoms with Gasteiger partial charge in [0.05, 0.1) is 10.2 Å². The summed E-state index contributed by atoms with van der Waals surface area (Å²) in [6.07, 6.45) is 3.90. The van der Waals surface area contributed by atoms with Gasteiger partial charge in [0.25, 0.3) is 5.91 Å². The molecule has 1 amide bonds. The summed E-state index contributed by atoms with van der Waals surface area (Å²) in [4.78, 5) is 21.8. The SMILES string of the molecule is CN(C)C1CCN(C(=O)[C@H]2Cc3cc(Cl)cc(-c4ccnc5ccsc45)c3O2)CC1. The van der Waals surface area contributed by atoms with Crippen LogP contribution in [0.1, 0.15) is 18.4 Å². The monoisotopic (exact) mass is 441 g/mol. The van der Waals surface area contributed by atoms with Gasteiger partial charge in [0.2, 0.25) is 0 Å². The van der Waals surface area contributed by atoms with Gasteiger partial charge in [-0.25, -0.2) is 0 Å². The number of nitrogens with zero attached hydrogens (tertiary/aromatic N) is 3. The molecule has 0 bridgehead atoms. The summed E-state index contributed by atoms with van der Waals surface area (Å²) in [7, 11) is 4.21. The Balaban J connectivity index is 1.42. The number of carbonyl (C=O) groups is 1. The normalized spacial score (nSPS) is 19.3. The van der Waals surface area contributed by atoms with Crippen molar-refractivity contribution in [3.8, 4) is 16.9 Å². The van der Waals surface area contributed by atoms with Crippen LogP contribution in [-0.2, 0) is 11.2 Å². The number of pyridine rings is 1. The van der Waals surface area contributed by atoms with Crippen LogP contribution < -0.4 is 4.74 Å². The quantitative estimate of drug-likeness (QED) is 0.601. The molecule has 3 aromatic rings. The Morgan fingerprint density at radius 3 is 2.80 bits per heavy atom. The first-order chi connectivity index (χ1) is 14.5. The fourth-order valence-corrected chi connectivity index (χ4v) is 5.67. The molecule has 0 N–H and O–H groups in total. The molecule has 156 valence electrons. The molecule has 2 aliphatic heterocycles. The molecule has 1 aromatic carbocycles. The van der Waals surface area contributed by atoms with E-state index in [0.717, 1.165) is 58.6 Å². The third kappa shape index (κ3) is 3.47. The number of hydrogen-bond acceptors (Lipinski definition) is 5. The standard InChI is InChI=1S/C23H24ClN3O2S/c1-26(2)16-4-8-27(9-5-16)23(28)20-12-14-11-15(24)13-18(21(14)29-20)17-3-7-25-19-6-10-30-22(17)19/h3,6-7,10-11,13,16,20H,4-5,8-9,12H2,1-2H3/t20-/m1/s1. The van der Waals surface area contributed by atoms with Crippen molar-refractivity contribution in [2.24, 2.45) is 0 Å². The van der Waals surface area contributed by atoms with Crippen molar-refractivity contribution in [1.82, 2.24) is 14.8 Å². The van der Waals surface area contributed by atoms with E-state index in [-0.39, 0.29) is 5.91 Å². The number of rotatable bonds is 3. The van der Waals surface area contributed by atoms with Gasteiger partial charge in [-0.3, -0.25) is 9.78 Å². The van der Waals surface area contributed by atoms with Gasteiger partial charge in [-0.2, -0.15) is 0 Å². The second-order valence-electron chi connectivity index (χ2n) is 8.27. The van der Waals surface area contributed by atoms with E-state index < -0.39 is 6.10 Å². The second kappa shape index (κ2) is 7.84. The van der Waals surface area contributed by atoms with E-state index in [9.17, 15) is 4.79 Å². The molecule has 0 radical (unpaired) electrons. The molecule has 0 unspecified atom stereocenters. The van der Waals surface area contributed by atoms with Crippen LogP contribution in [-0.4, -0.2) is 60.0 Å². The maximum absolute atomic E-state index is 13.2. The molecule has 2 aromatic heterocycles. The first-order valence-electron chi connectivity index (χ1n) is 10.3. The Bertz CT molecular complexity index is 1110. The summed E-state index contributed by atoms with van der Waals surface area (Å²) < 4.78 is 7.39. The number of fused-ring (bicyclic) bond motifs is 2. The molecule has 30 heavy (non-hydrogen) atoms. The zero-order valence-electron chi connectivity index (χ0n) is 17.1. The average molecular weight is 442 g/mol. The lowest BCUT2D eigenvalue weighted by Crippen LogP contribution is -2.48. The van der Waals surface area contributed by atoms with E-state index in [4.69, 9.17) is 16.3 Å². The van der Waals surface area contributed by atoms with Crippen molar-refractivity contribution in [2.45, 2.75) is 31.4 Å². The lowest BCUT2D eigenvalue weighted by molar-refractivity contribution is -0.139. The van der Waals surface area contributed by atoms with Crippen LogP contribution in [0.25, 0.3) is 21.3 Å². The van der Waals surface area contributed by atoms with Crippen LogP contribution in [0, 0.1) is 0 Å². The van der Waals surface area contributed by atoms with Crippen LogP contribution >= 0.6 is 22.9 Å². The third-order valence-electron chi connectivity index (χ3n) is 6.21. The van der Waals surface area contributed by atoms with Crippen LogP contribution in [0.3, 0.4) is 0 Å². The van der Waals surface area contributed by atoms with Crippen LogP contribution in [0.15, 0.2) is 35.8 Å². The number of ether oxygens (including phenoxy) is 1. The second-order valence-corrected chi connectivity index (χ2v) is 9.62. The molecule has 1 fully saturated rings. The summed E-state index contributed by atoms with van der Waals surface area (Å²) in [5.41, 5.74) is 3.95. The number of thiophene rings is 1. The highest BCUT2D eigenvalue weighted by Gasteiger charge is 2.36. The predicted octanol–water partition coefficient (Wildman–Crippen LogP) is 4.47. The number of aromatic nitrogens is 1. The van der Waals surface area contributed by atoms with Gasteiger partial charge in [0, 0.05) is 53.5 Å². The fourth-order valence-electron chi connectivity index (χ4n) is 4.55. The fraction of sp³-hybridized carbons (Fsp3) is 0.391. The van der Waals surface area contributed by atoms with E-state index in [1.54, 1.807) is 11.3 Å². The van der Waals surface area contributed by atoms with Gasteiger partial charge >= 0.3 is 0 Å². The van der Waals surface area contributed by atoms with E-state index >= 15 is 0 Å². The number of halogens is 1. The Kier molecular flexibility index (Phi) is 5.17. The van der Waals surface area contributed by atoms with E-state index in [1.165, 1.54) is 0 Å². The molecule has 1 saturated heterocycles. The van der Waals surface area contributed by atoms with Crippen LogP contribution in [0.2, 0.25) is 5.02 Å². The smallest absolute Gasteiger partial charge is 0.263 e. The van der Waals surface area contributed by atoms with Crippen molar-refractivity contribution in [1.29, 1.82) is 0 Å². The van der Waals surface area contributed by atoms with Gasteiger partial charge in [-0.15, -0.1) is 11.3 Å². The minimum Gasteiger partial charge on any atom is -0.479 e. The summed E-state index contributed by atoms with van der Waals surface area (Å²) in [6.45, 7) is 1.57. The molecule has 0 aliphatic carbocycles. The number of piperidine rings is 1. The largest absolute Gasteiger partial charge is 0.479 e. The topological polar surface area (TPSA) is 45.7 Å². The lowest BCUT2D eigenvalue weighted by Gasteiger charge is -2.36. The molecule has 0 spiro atoms. The molecule has 5 nitrogen and oxygen atoms in total. The lowest BCUT2D eigenvalue weighted by atomic mass is 10.00. The first kappa shape index (κ1) is 19.8. The highest BCUT2D eigenvalue weighted by Crippen LogP contribution is 2.44. The van der Waals surface area contributed by atoms with E-state index in [2.05, 4.69) is 24.0 Å². The molecule has 4 heterocycles. The molecule has 1 atom stereocenters. The highest BCUT2D eigenvalue weighted by atomic mass is 35.5. The van der Waals surface area contributed by atoms with Gasteiger partial charge in [0.1, 0.15) is 5.75 Å². The summed E-state index contributed by atoms with van der Waals surface area (Å²) in [6, 6.07) is 8.41. The molecule has 0 saturated carbocycles. The van der Waals surface area contributed by atoms with E-state index in [1.807, 2.05) is 40.7 Å². The minimum atomic E-state index is -0.478. The predicted molar refractivity (Wildman–Crippen MR) is 121 cm³/mol. The van der Waals surface area contributed by atoms with Crippen molar-refractivity contribution >= 4 is 39.1 Å². The molecule has 2 aliphatic rings. The summed E-state index contributed by atoms with van der Waals surface area (Å²) in [5, 5.41) is 2.70. The highest BCUT2D eigenvalue weighted by molar-refractivity contribution is 7.17. The average Bonchev–Trinajstić information content (AvgIpc) is 3.39. The molecule has 7 heteroatoms. The maximum Gasteiger partial charge on any atom is 0.263 e. The zero-order chi connectivity index (χ0) is 20.8. The number of benzene rings is 1. The van der Waals surface area contributed by atoms with Gasteiger partial charge in [-0.1, -0.05) is 11.6 Å². The third-order valence-corrected chi connectivity index (χ3v) is 7.37. The molecular formula is C23H24ClN3O2S. The van der Waals surface area contributed by atoms with Crippen LogP contribution in [0.5, 0.6) is 5.75 Å². The van der Waals surface area contributed by atoms with Crippen molar-refractivity contribution < 1.29 is 9.53 Å². The van der Waals surface area contributed by atoms with Crippen molar-refractivity contribution in [3.63, 3.8) is 0 Å². The van der Waals surface area contributed by atoms with Gasteiger partial charge in [-0.05, 0) is 56.6 Å². The van der Waals surface area contributed by atoms with Crippen molar-refractivity contribution in [3.05, 3.63) is 46.4 Å². The Morgan fingerprint density at radius 1 is 1.23 bits per heavy atom. The Hall–Kier alpha value is -2.15. The number of amides is 1. The summed E-state index contributed by atoms with van der Waals surface area (Å²) in [5.74, 6) is 0.864. The minimum absolute atomic E-state index is 0.0847. The number of likely N-dealkylation sites (tertiary alicyclic amines) is 1. The van der Waals surface area contributed by atoms with Crippen molar-refractivity contribution in [2.75, 3.05) is 27.2 Å².